The lowest BCUT2D eigenvalue weighted by Crippen LogP contribution is -2.37. The van der Waals surface area contributed by atoms with Gasteiger partial charge >= 0.3 is 0 Å². The Balaban J connectivity index is 1.75. The first-order valence-corrected chi connectivity index (χ1v) is 7.58. The lowest BCUT2D eigenvalue weighted by Gasteiger charge is -2.35. The van der Waals surface area contributed by atoms with E-state index < -0.39 is 0 Å². The highest BCUT2D eigenvalue weighted by atomic mass is 15.1. The van der Waals surface area contributed by atoms with Gasteiger partial charge in [0, 0.05) is 18.7 Å². The maximum atomic E-state index is 8.82. The molecule has 2 fully saturated rings. The number of nitriles is 1. The van der Waals surface area contributed by atoms with Gasteiger partial charge in [0.05, 0.1) is 6.07 Å². The smallest absolute Gasteiger partial charge is 0.0954 e. The summed E-state index contributed by atoms with van der Waals surface area (Å²) in [7, 11) is 0. The Morgan fingerprint density at radius 3 is 2.56 bits per heavy atom. The molecule has 0 bridgehead atoms. The van der Waals surface area contributed by atoms with E-state index in [9.17, 15) is 0 Å². The average Bonchev–Trinajstić information content (AvgIpc) is 2.40. The van der Waals surface area contributed by atoms with E-state index in [1.165, 1.54) is 57.9 Å². The van der Waals surface area contributed by atoms with Crippen LogP contribution in [0.25, 0.3) is 0 Å². The number of piperidine rings is 1. The van der Waals surface area contributed by atoms with E-state index in [4.69, 9.17) is 5.26 Å². The fourth-order valence-corrected chi connectivity index (χ4v) is 3.69. The normalized spacial score (nSPS) is 26.7. The van der Waals surface area contributed by atoms with Gasteiger partial charge in [-0.05, 0) is 37.6 Å². The molecule has 1 saturated carbocycles. The molecule has 1 saturated heterocycles. The maximum Gasteiger partial charge on any atom is 0.0954 e. The van der Waals surface area contributed by atoms with Crippen molar-refractivity contribution in [2.45, 2.75) is 51.4 Å². The van der Waals surface area contributed by atoms with Gasteiger partial charge in [-0.3, -0.25) is 4.90 Å². The lowest BCUT2D eigenvalue weighted by molar-refractivity contribution is 0.157. The summed E-state index contributed by atoms with van der Waals surface area (Å²) in [6.45, 7) is 6.94. The van der Waals surface area contributed by atoms with Gasteiger partial charge in [0.15, 0.2) is 0 Å². The predicted octanol–water partition coefficient (Wildman–Crippen LogP) is 3.75. The maximum absolute atomic E-state index is 8.82. The van der Waals surface area contributed by atoms with Crippen molar-refractivity contribution in [3.63, 3.8) is 0 Å². The van der Waals surface area contributed by atoms with E-state index in [-0.39, 0.29) is 0 Å². The van der Waals surface area contributed by atoms with E-state index in [2.05, 4.69) is 17.5 Å². The first-order valence-electron chi connectivity index (χ1n) is 7.58. The van der Waals surface area contributed by atoms with Crippen molar-refractivity contribution in [3.8, 4) is 6.07 Å². The zero-order chi connectivity index (χ0) is 12.8. The molecule has 2 rings (SSSR count). The molecule has 18 heavy (non-hydrogen) atoms. The second kappa shape index (κ2) is 6.95. The standard InChI is InChI=1S/C16H26N2/c1-14(11-17)12-18-9-5-8-16(13-18)10-15-6-3-2-4-7-15/h15-16H,1-10,12-13H2. The zero-order valence-corrected chi connectivity index (χ0v) is 11.5. The molecule has 1 heterocycles. The van der Waals surface area contributed by atoms with Crippen molar-refractivity contribution in [1.29, 1.82) is 5.26 Å². The first kappa shape index (κ1) is 13.6. The van der Waals surface area contributed by atoms with Crippen LogP contribution in [-0.4, -0.2) is 24.5 Å². The van der Waals surface area contributed by atoms with Crippen LogP contribution in [0.3, 0.4) is 0 Å². The molecular formula is C16H26N2. The molecule has 0 spiro atoms. The number of likely N-dealkylation sites (tertiary alicyclic amines) is 1. The Kier molecular flexibility index (Phi) is 5.26. The second-order valence-corrected chi connectivity index (χ2v) is 6.20. The Hall–Kier alpha value is -0.810. The molecule has 100 valence electrons. The highest BCUT2D eigenvalue weighted by molar-refractivity contribution is 5.17. The van der Waals surface area contributed by atoms with Gasteiger partial charge in [-0.2, -0.15) is 5.26 Å². The summed E-state index contributed by atoms with van der Waals surface area (Å²) in [6.07, 6.45) is 11.4. The SMILES string of the molecule is C=C(C#N)CN1CCCC(CC2CCCCC2)C1. The lowest BCUT2D eigenvalue weighted by atomic mass is 9.80. The molecule has 0 N–H and O–H groups in total. The Morgan fingerprint density at radius 1 is 1.11 bits per heavy atom. The van der Waals surface area contributed by atoms with Crippen molar-refractivity contribution < 1.29 is 0 Å². The summed E-state index contributed by atoms with van der Waals surface area (Å²) >= 11 is 0. The Bertz CT molecular complexity index is 310. The quantitative estimate of drug-likeness (QED) is 0.706. The fraction of sp³-hybridized carbons (Fsp3) is 0.812. The van der Waals surface area contributed by atoms with Gasteiger partial charge in [-0.1, -0.05) is 38.7 Å². The summed E-state index contributed by atoms with van der Waals surface area (Å²) in [4.78, 5) is 2.43. The van der Waals surface area contributed by atoms with Crippen LogP contribution in [0.4, 0.5) is 0 Å². The molecule has 2 aliphatic rings. The van der Waals surface area contributed by atoms with Crippen LogP contribution in [0.1, 0.15) is 51.4 Å². The van der Waals surface area contributed by atoms with Crippen LogP contribution in [0.2, 0.25) is 0 Å². The van der Waals surface area contributed by atoms with Crippen molar-refractivity contribution in [2.24, 2.45) is 11.8 Å². The van der Waals surface area contributed by atoms with Crippen molar-refractivity contribution in [2.75, 3.05) is 19.6 Å². The molecule has 0 aromatic rings. The molecular weight excluding hydrogens is 220 g/mol. The Morgan fingerprint density at radius 2 is 1.83 bits per heavy atom. The summed E-state index contributed by atoms with van der Waals surface area (Å²) < 4.78 is 0. The third kappa shape index (κ3) is 4.14. The molecule has 0 aromatic heterocycles. The average molecular weight is 246 g/mol. The van der Waals surface area contributed by atoms with Crippen molar-refractivity contribution in [3.05, 3.63) is 12.2 Å². The summed E-state index contributed by atoms with van der Waals surface area (Å²) in [5.41, 5.74) is 0.716. The van der Waals surface area contributed by atoms with Crippen LogP contribution in [0, 0.1) is 23.2 Å². The minimum Gasteiger partial charge on any atom is -0.298 e. The first-order chi connectivity index (χ1) is 8.78. The van der Waals surface area contributed by atoms with Gasteiger partial charge in [0.1, 0.15) is 0 Å². The molecule has 0 radical (unpaired) electrons. The molecule has 0 amide bonds. The molecule has 1 unspecified atom stereocenters. The largest absolute Gasteiger partial charge is 0.298 e. The van der Waals surface area contributed by atoms with Crippen LogP contribution in [0.5, 0.6) is 0 Å². The minimum atomic E-state index is 0.716. The summed E-state index contributed by atoms with van der Waals surface area (Å²) in [6, 6.07) is 2.17. The highest BCUT2D eigenvalue weighted by Gasteiger charge is 2.24. The molecule has 2 heteroatoms. The summed E-state index contributed by atoms with van der Waals surface area (Å²) in [5, 5.41) is 8.82. The van der Waals surface area contributed by atoms with Gasteiger partial charge in [0.2, 0.25) is 0 Å². The molecule has 1 aliphatic carbocycles. The van der Waals surface area contributed by atoms with Crippen molar-refractivity contribution >= 4 is 0 Å². The highest BCUT2D eigenvalue weighted by Crippen LogP contribution is 2.32. The van der Waals surface area contributed by atoms with Crippen LogP contribution in [0.15, 0.2) is 12.2 Å². The van der Waals surface area contributed by atoms with Gasteiger partial charge in [-0.15, -0.1) is 0 Å². The molecule has 2 nitrogen and oxygen atoms in total. The topological polar surface area (TPSA) is 27.0 Å². The van der Waals surface area contributed by atoms with Gasteiger partial charge < -0.3 is 0 Å². The second-order valence-electron chi connectivity index (χ2n) is 6.20. The van der Waals surface area contributed by atoms with E-state index in [0.29, 0.717) is 5.57 Å². The van der Waals surface area contributed by atoms with E-state index in [0.717, 1.165) is 24.9 Å². The fourth-order valence-electron chi connectivity index (χ4n) is 3.69. The molecule has 0 aromatic carbocycles. The number of rotatable bonds is 4. The third-order valence-electron chi connectivity index (χ3n) is 4.57. The Labute approximate surface area is 112 Å². The number of hydrogen-bond donors (Lipinski definition) is 0. The van der Waals surface area contributed by atoms with Crippen LogP contribution >= 0.6 is 0 Å². The summed E-state index contributed by atoms with van der Waals surface area (Å²) in [5.74, 6) is 1.86. The van der Waals surface area contributed by atoms with E-state index in [1.54, 1.807) is 0 Å². The van der Waals surface area contributed by atoms with E-state index >= 15 is 0 Å². The predicted molar refractivity (Wildman–Crippen MR) is 75.1 cm³/mol. The number of nitrogens with zero attached hydrogens (tertiary/aromatic N) is 2. The number of hydrogen-bond acceptors (Lipinski definition) is 2. The monoisotopic (exact) mass is 246 g/mol. The molecule has 1 atom stereocenters. The third-order valence-corrected chi connectivity index (χ3v) is 4.57. The van der Waals surface area contributed by atoms with E-state index in [1.807, 2.05) is 0 Å². The van der Waals surface area contributed by atoms with Crippen LogP contribution in [-0.2, 0) is 0 Å². The van der Waals surface area contributed by atoms with Gasteiger partial charge in [0.25, 0.3) is 0 Å². The van der Waals surface area contributed by atoms with Gasteiger partial charge in [-0.25, -0.2) is 0 Å². The zero-order valence-electron chi connectivity index (χ0n) is 11.5. The minimum absolute atomic E-state index is 0.716. The van der Waals surface area contributed by atoms with Crippen LogP contribution < -0.4 is 0 Å². The van der Waals surface area contributed by atoms with Crippen molar-refractivity contribution in [1.82, 2.24) is 4.90 Å². The molecule has 1 aliphatic heterocycles.